The van der Waals surface area contributed by atoms with Crippen molar-refractivity contribution < 1.29 is 0 Å². The maximum atomic E-state index is 5.53. The largest absolute Gasteiger partial charge is 0.336 e. The van der Waals surface area contributed by atoms with Gasteiger partial charge in [0.15, 0.2) is 0 Å². The van der Waals surface area contributed by atoms with Gasteiger partial charge in [0.05, 0.1) is 12.0 Å². The third kappa shape index (κ3) is 3.54. The van der Waals surface area contributed by atoms with Crippen LogP contribution in [0.25, 0.3) is 0 Å². The highest BCUT2D eigenvalue weighted by Crippen LogP contribution is 2.28. The number of rotatable bonds is 4. The molecule has 0 atom stereocenters. The summed E-state index contributed by atoms with van der Waals surface area (Å²) in [4.78, 5) is 6.95. The number of hydrogen-bond donors (Lipinski definition) is 1. The first-order valence-electron chi connectivity index (χ1n) is 6.52. The van der Waals surface area contributed by atoms with Crippen LogP contribution < -0.4 is 5.73 Å². The Kier molecular flexibility index (Phi) is 3.84. The molecule has 1 fully saturated rings. The van der Waals surface area contributed by atoms with Crippen molar-refractivity contribution in [3.05, 3.63) is 18.2 Å². The van der Waals surface area contributed by atoms with Gasteiger partial charge >= 0.3 is 0 Å². The average Bonchev–Trinajstić information content (AvgIpc) is 2.64. The molecule has 4 nitrogen and oxygen atoms in total. The molecule has 0 radical (unpaired) electrons. The van der Waals surface area contributed by atoms with Gasteiger partial charge in [0.2, 0.25) is 0 Å². The second-order valence-corrected chi connectivity index (χ2v) is 5.87. The lowest BCUT2D eigenvalue weighted by Crippen LogP contribution is -2.39. The zero-order valence-electron chi connectivity index (χ0n) is 11.0. The predicted molar refractivity (Wildman–Crippen MR) is 69.6 cm³/mol. The molecule has 96 valence electrons. The molecule has 0 aliphatic carbocycles. The molecule has 0 spiro atoms. The second-order valence-electron chi connectivity index (χ2n) is 5.87. The zero-order valence-corrected chi connectivity index (χ0v) is 11.0. The van der Waals surface area contributed by atoms with Gasteiger partial charge in [0.25, 0.3) is 0 Å². The molecule has 0 saturated carbocycles. The fourth-order valence-electron chi connectivity index (χ4n) is 2.67. The van der Waals surface area contributed by atoms with E-state index in [2.05, 4.69) is 34.5 Å². The van der Waals surface area contributed by atoms with Crippen molar-refractivity contribution in [3.8, 4) is 0 Å². The molecule has 2 heterocycles. The number of nitrogens with two attached hydrogens (primary N) is 1. The molecule has 1 aliphatic heterocycles. The summed E-state index contributed by atoms with van der Waals surface area (Å²) >= 11 is 0. The van der Waals surface area contributed by atoms with Gasteiger partial charge in [-0.25, -0.2) is 4.98 Å². The Morgan fingerprint density at radius 1 is 1.47 bits per heavy atom. The van der Waals surface area contributed by atoms with Crippen molar-refractivity contribution in [2.24, 2.45) is 11.1 Å². The van der Waals surface area contributed by atoms with Gasteiger partial charge in [-0.1, -0.05) is 13.8 Å². The number of likely N-dealkylation sites (tertiary alicyclic amines) is 1. The average molecular weight is 236 g/mol. The molecule has 0 aromatic carbocycles. The maximum absolute atomic E-state index is 5.53. The van der Waals surface area contributed by atoms with E-state index in [0.29, 0.717) is 12.0 Å². The van der Waals surface area contributed by atoms with E-state index in [1.807, 2.05) is 6.33 Å². The van der Waals surface area contributed by atoms with E-state index < -0.39 is 0 Å². The molecular formula is C13H24N4. The molecule has 0 bridgehead atoms. The van der Waals surface area contributed by atoms with Crippen LogP contribution in [0.15, 0.2) is 12.5 Å². The number of piperidine rings is 1. The Morgan fingerprint density at radius 3 is 3.00 bits per heavy atom. The van der Waals surface area contributed by atoms with Crippen molar-refractivity contribution in [3.63, 3.8) is 0 Å². The molecule has 0 amide bonds. The van der Waals surface area contributed by atoms with E-state index in [4.69, 9.17) is 5.73 Å². The Labute approximate surface area is 104 Å². The summed E-state index contributed by atoms with van der Waals surface area (Å²) in [6.45, 7) is 9.59. The van der Waals surface area contributed by atoms with E-state index in [-0.39, 0.29) is 0 Å². The van der Waals surface area contributed by atoms with E-state index in [1.54, 1.807) is 0 Å². The molecule has 1 saturated heterocycles. The summed E-state index contributed by atoms with van der Waals surface area (Å²) in [7, 11) is 0. The molecule has 2 N–H and O–H groups in total. The third-order valence-electron chi connectivity index (χ3n) is 3.44. The van der Waals surface area contributed by atoms with Gasteiger partial charge in [-0.05, 0) is 24.8 Å². The number of nitrogens with zero attached hydrogens (tertiary/aromatic N) is 3. The predicted octanol–water partition coefficient (Wildman–Crippen LogP) is 1.46. The highest BCUT2D eigenvalue weighted by molar-refractivity contribution is 4.97. The highest BCUT2D eigenvalue weighted by Gasteiger charge is 2.26. The van der Waals surface area contributed by atoms with Crippen LogP contribution in [0.3, 0.4) is 0 Å². The van der Waals surface area contributed by atoms with Crippen molar-refractivity contribution in [1.29, 1.82) is 0 Å². The summed E-state index contributed by atoms with van der Waals surface area (Å²) in [6.07, 6.45) is 6.65. The van der Waals surface area contributed by atoms with Gasteiger partial charge in [-0.2, -0.15) is 0 Å². The van der Waals surface area contributed by atoms with E-state index in [0.717, 1.165) is 18.8 Å². The van der Waals surface area contributed by atoms with Crippen LogP contribution in [0.5, 0.6) is 0 Å². The monoisotopic (exact) mass is 236 g/mol. The van der Waals surface area contributed by atoms with Crippen molar-refractivity contribution in [2.45, 2.75) is 39.8 Å². The fourth-order valence-corrected chi connectivity index (χ4v) is 2.67. The Bertz CT molecular complexity index is 356. The third-order valence-corrected chi connectivity index (χ3v) is 3.44. The van der Waals surface area contributed by atoms with E-state index >= 15 is 0 Å². The van der Waals surface area contributed by atoms with Crippen LogP contribution in [-0.2, 0) is 13.1 Å². The minimum Gasteiger partial charge on any atom is -0.336 e. The summed E-state index contributed by atoms with van der Waals surface area (Å²) in [5, 5.41) is 0. The fraction of sp³-hybridized carbons (Fsp3) is 0.769. The molecule has 17 heavy (non-hydrogen) atoms. The van der Waals surface area contributed by atoms with Crippen LogP contribution in [0.2, 0.25) is 0 Å². The molecule has 4 heteroatoms. The summed E-state index contributed by atoms with van der Waals surface area (Å²) in [5.41, 5.74) is 7.15. The van der Waals surface area contributed by atoms with Gasteiger partial charge in [-0.3, -0.25) is 4.90 Å². The number of hydrogen-bond acceptors (Lipinski definition) is 3. The molecule has 1 aromatic rings. The minimum absolute atomic E-state index is 0.456. The van der Waals surface area contributed by atoms with Gasteiger partial charge in [0.1, 0.15) is 0 Å². The first kappa shape index (κ1) is 12.6. The van der Waals surface area contributed by atoms with Crippen molar-refractivity contribution >= 4 is 0 Å². The normalized spacial score (nSPS) is 20.6. The maximum Gasteiger partial charge on any atom is 0.0950 e. The second kappa shape index (κ2) is 5.19. The molecular weight excluding hydrogens is 212 g/mol. The van der Waals surface area contributed by atoms with Crippen molar-refractivity contribution in [2.75, 3.05) is 19.6 Å². The van der Waals surface area contributed by atoms with Crippen LogP contribution in [-0.4, -0.2) is 34.1 Å². The van der Waals surface area contributed by atoms with Crippen molar-refractivity contribution in [1.82, 2.24) is 14.5 Å². The molecule has 1 aliphatic rings. The lowest BCUT2D eigenvalue weighted by atomic mass is 9.84. The first-order valence-corrected chi connectivity index (χ1v) is 6.52. The number of aromatic nitrogens is 2. The summed E-state index contributed by atoms with van der Waals surface area (Å²) < 4.78 is 2.07. The molecule has 1 aromatic heterocycles. The van der Waals surface area contributed by atoms with Crippen LogP contribution >= 0.6 is 0 Å². The Hall–Kier alpha value is -0.870. The lowest BCUT2D eigenvalue weighted by molar-refractivity contribution is 0.110. The quantitative estimate of drug-likeness (QED) is 0.861. The first-order chi connectivity index (χ1) is 8.09. The summed E-state index contributed by atoms with van der Waals surface area (Å²) in [6, 6.07) is 0. The van der Waals surface area contributed by atoms with Crippen LogP contribution in [0, 0.1) is 5.41 Å². The van der Waals surface area contributed by atoms with Crippen LogP contribution in [0.1, 0.15) is 32.4 Å². The van der Waals surface area contributed by atoms with Gasteiger partial charge in [-0.15, -0.1) is 0 Å². The Morgan fingerprint density at radius 2 is 2.29 bits per heavy atom. The van der Waals surface area contributed by atoms with Gasteiger partial charge in [0, 0.05) is 32.4 Å². The molecule has 2 rings (SSSR count). The minimum atomic E-state index is 0.456. The van der Waals surface area contributed by atoms with E-state index in [1.165, 1.54) is 25.9 Å². The smallest absolute Gasteiger partial charge is 0.0950 e. The van der Waals surface area contributed by atoms with Gasteiger partial charge < -0.3 is 10.3 Å². The highest BCUT2D eigenvalue weighted by atomic mass is 15.2. The number of imidazole rings is 1. The molecule has 0 unspecified atom stereocenters. The Balaban J connectivity index is 1.91. The standard InChI is InChI=1S/C13H24N4/c1-13(2)4-3-6-16(10-13)8-12-9-17(7-5-14)11-15-12/h9,11H,3-8,10,14H2,1-2H3. The van der Waals surface area contributed by atoms with Crippen LogP contribution in [0.4, 0.5) is 0 Å². The zero-order chi connectivity index (χ0) is 12.3. The lowest BCUT2D eigenvalue weighted by Gasteiger charge is -2.37. The summed E-state index contributed by atoms with van der Waals surface area (Å²) in [5.74, 6) is 0. The SMILES string of the molecule is CC1(C)CCCN(Cc2cn(CCN)cn2)C1. The topological polar surface area (TPSA) is 47.1 Å². The van der Waals surface area contributed by atoms with E-state index in [9.17, 15) is 0 Å².